The Labute approximate surface area is 188 Å². The lowest BCUT2D eigenvalue weighted by molar-refractivity contribution is -0.141. The van der Waals surface area contributed by atoms with E-state index in [2.05, 4.69) is 17.9 Å². The van der Waals surface area contributed by atoms with Crippen molar-refractivity contribution in [2.45, 2.75) is 25.4 Å². The Morgan fingerprint density at radius 1 is 1.20 bits per heavy atom. The minimum atomic E-state index is -0.919. The molecule has 0 bridgehead atoms. The Kier molecular flexibility index (Phi) is 10.4. The van der Waals surface area contributed by atoms with Crippen molar-refractivity contribution < 1.29 is 14.7 Å². The van der Waals surface area contributed by atoms with Gasteiger partial charge >= 0.3 is 5.97 Å². The molecule has 7 heteroatoms. The van der Waals surface area contributed by atoms with E-state index in [4.69, 9.17) is 5.73 Å². The fourth-order valence-electron chi connectivity index (χ4n) is 3.17. The number of hydrogen-bond donors (Lipinski definition) is 4. The third kappa shape index (κ3) is 7.47. The standard InChI is InChI=1S/C23H30N2O3S2/c1-30-10-9-18(23(27)28)12-22(26)21-11-16(13-25-14-19(24)15-29)7-8-20(21)17-5-3-2-4-6-17/h2-8,11,18-19,25,29H,9-10,12-15,24H2,1H3,(H,27,28)/t18-,19-/m1/s1. The predicted molar refractivity (Wildman–Crippen MR) is 128 cm³/mol. The number of carboxylic acid groups (broad SMARTS) is 1. The highest BCUT2D eigenvalue weighted by atomic mass is 32.2. The molecule has 2 atom stereocenters. The first-order valence-corrected chi connectivity index (χ1v) is 12.0. The van der Waals surface area contributed by atoms with Gasteiger partial charge < -0.3 is 16.2 Å². The van der Waals surface area contributed by atoms with Crippen LogP contribution in [0, 0.1) is 5.92 Å². The molecule has 0 heterocycles. The summed E-state index contributed by atoms with van der Waals surface area (Å²) in [6.45, 7) is 1.20. The van der Waals surface area contributed by atoms with Gasteiger partial charge in [-0.2, -0.15) is 24.4 Å². The van der Waals surface area contributed by atoms with Gasteiger partial charge in [0.2, 0.25) is 0 Å². The van der Waals surface area contributed by atoms with Crippen molar-refractivity contribution in [3.05, 3.63) is 59.7 Å². The van der Waals surface area contributed by atoms with Crippen molar-refractivity contribution >= 4 is 36.1 Å². The van der Waals surface area contributed by atoms with Gasteiger partial charge in [0.1, 0.15) is 0 Å². The third-order valence-electron chi connectivity index (χ3n) is 4.89. The molecule has 162 valence electrons. The van der Waals surface area contributed by atoms with Crippen LogP contribution in [-0.2, 0) is 11.3 Å². The van der Waals surface area contributed by atoms with E-state index in [1.165, 1.54) is 0 Å². The largest absolute Gasteiger partial charge is 0.481 e. The summed E-state index contributed by atoms with van der Waals surface area (Å²) in [7, 11) is 0. The zero-order chi connectivity index (χ0) is 21.9. The van der Waals surface area contributed by atoms with Crippen molar-refractivity contribution in [1.29, 1.82) is 0 Å². The summed E-state index contributed by atoms with van der Waals surface area (Å²) in [6, 6.07) is 15.5. The van der Waals surface area contributed by atoms with Crippen molar-refractivity contribution in [1.82, 2.24) is 5.32 Å². The van der Waals surface area contributed by atoms with Crippen molar-refractivity contribution in [3.63, 3.8) is 0 Å². The summed E-state index contributed by atoms with van der Waals surface area (Å²) in [6.07, 6.45) is 2.41. The van der Waals surface area contributed by atoms with Crippen molar-refractivity contribution in [3.8, 4) is 11.1 Å². The van der Waals surface area contributed by atoms with Gasteiger partial charge in [0.25, 0.3) is 0 Å². The number of nitrogens with two attached hydrogens (primary N) is 1. The van der Waals surface area contributed by atoms with Gasteiger partial charge in [-0.1, -0.05) is 42.5 Å². The molecule has 0 aliphatic rings. The van der Waals surface area contributed by atoms with E-state index in [1.54, 1.807) is 11.8 Å². The van der Waals surface area contributed by atoms with E-state index in [1.807, 2.05) is 54.8 Å². The van der Waals surface area contributed by atoms with E-state index in [-0.39, 0.29) is 18.2 Å². The van der Waals surface area contributed by atoms with Crippen molar-refractivity contribution in [2.75, 3.05) is 24.3 Å². The SMILES string of the molecule is CSCC[C@H](CC(=O)c1cc(CNC[C@@H](N)CS)ccc1-c1ccccc1)C(=O)O. The van der Waals surface area contributed by atoms with Gasteiger partial charge in [0.05, 0.1) is 5.92 Å². The van der Waals surface area contributed by atoms with Crippen LogP contribution >= 0.6 is 24.4 Å². The molecule has 0 saturated heterocycles. The Bertz CT molecular complexity index is 830. The maximum atomic E-state index is 13.2. The van der Waals surface area contributed by atoms with Gasteiger partial charge in [0, 0.05) is 36.9 Å². The molecule has 4 N–H and O–H groups in total. The molecule has 0 saturated carbocycles. The first-order valence-electron chi connectivity index (χ1n) is 9.96. The van der Waals surface area contributed by atoms with E-state index in [0.717, 1.165) is 16.7 Å². The van der Waals surface area contributed by atoms with E-state index in [0.29, 0.717) is 36.6 Å². The highest BCUT2D eigenvalue weighted by Gasteiger charge is 2.23. The number of carbonyl (C=O) groups excluding carboxylic acids is 1. The molecular formula is C23H30N2O3S2. The maximum absolute atomic E-state index is 13.2. The number of benzene rings is 2. The summed E-state index contributed by atoms with van der Waals surface area (Å²) in [5.41, 5.74) is 9.17. The highest BCUT2D eigenvalue weighted by molar-refractivity contribution is 7.98. The lowest BCUT2D eigenvalue weighted by Crippen LogP contribution is -2.34. The fourth-order valence-corrected chi connectivity index (χ4v) is 3.82. The van der Waals surface area contributed by atoms with Crippen LogP contribution in [0.5, 0.6) is 0 Å². The summed E-state index contributed by atoms with van der Waals surface area (Å²) >= 11 is 5.77. The molecule has 0 amide bonds. The van der Waals surface area contributed by atoms with Crippen LogP contribution in [0.2, 0.25) is 0 Å². The van der Waals surface area contributed by atoms with Crippen LogP contribution < -0.4 is 11.1 Å². The number of aliphatic carboxylic acids is 1. The molecule has 0 fully saturated rings. The van der Waals surface area contributed by atoms with Crippen LogP contribution in [0.25, 0.3) is 11.1 Å². The smallest absolute Gasteiger partial charge is 0.306 e. The first-order chi connectivity index (χ1) is 14.5. The Morgan fingerprint density at radius 2 is 1.93 bits per heavy atom. The predicted octanol–water partition coefficient (Wildman–Crippen LogP) is 3.73. The first kappa shape index (κ1) is 24.5. The molecular weight excluding hydrogens is 416 g/mol. The Morgan fingerprint density at radius 3 is 2.57 bits per heavy atom. The van der Waals surface area contributed by atoms with Crippen LogP contribution in [0.1, 0.15) is 28.8 Å². The van der Waals surface area contributed by atoms with Gasteiger partial charge in [0.15, 0.2) is 5.78 Å². The maximum Gasteiger partial charge on any atom is 0.306 e. The van der Waals surface area contributed by atoms with Crippen LogP contribution in [0.3, 0.4) is 0 Å². The molecule has 2 rings (SSSR count). The van der Waals surface area contributed by atoms with Crippen LogP contribution in [0.4, 0.5) is 0 Å². The molecule has 30 heavy (non-hydrogen) atoms. The number of nitrogens with one attached hydrogen (secondary N) is 1. The molecule has 0 radical (unpaired) electrons. The second-order valence-corrected chi connectivity index (χ2v) is 8.61. The monoisotopic (exact) mass is 446 g/mol. The Balaban J connectivity index is 2.28. The summed E-state index contributed by atoms with van der Waals surface area (Å²) < 4.78 is 0. The lowest BCUT2D eigenvalue weighted by Gasteiger charge is -2.15. The quantitative estimate of drug-likeness (QED) is 0.277. The number of Topliss-reactive ketones (excluding diaryl/α,β-unsaturated/α-hetero) is 1. The second-order valence-electron chi connectivity index (χ2n) is 7.26. The minimum absolute atomic E-state index is 0.00284. The lowest BCUT2D eigenvalue weighted by atomic mass is 9.90. The van der Waals surface area contributed by atoms with Crippen LogP contribution in [-0.4, -0.2) is 47.2 Å². The summed E-state index contributed by atoms with van der Waals surface area (Å²) in [4.78, 5) is 24.8. The van der Waals surface area contributed by atoms with Gasteiger partial charge in [-0.05, 0) is 41.2 Å². The molecule has 2 aromatic rings. The van der Waals surface area contributed by atoms with Crippen LogP contribution in [0.15, 0.2) is 48.5 Å². The number of thioether (sulfide) groups is 1. The van der Waals surface area contributed by atoms with Gasteiger partial charge in [-0.15, -0.1) is 0 Å². The number of ketones is 1. The normalized spacial score (nSPS) is 13.0. The zero-order valence-electron chi connectivity index (χ0n) is 17.2. The number of carboxylic acids is 1. The summed E-state index contributed by atoms with van der Waals surface area (Å²) in [5.74, 6) is -0.432. The Hall–Kier alpha value is -1.80. The molecule has 0 spiro atoms. The fraction of sp³-hybridized carbons (Fsp3) is 0.391. The number of carbonyl (C=O) groups is 2. The highest BCUT2D eigenvalue weighted by Crippen LogP contribution is 2.27. The molecule has 0 aromatic heterocycles. The number of rotatable bonds is 13. The van der Waals surface area contributed by atoms with E-state index in [9.17, 15) is 14.7 Å². The second kappa shape index (κ2) is 12.8. The summed E-state index contributed by atoms with van der Waals surface area (Å²) in [5, 5.41) is 12.8. The molecule has 2 aromatic carbocycles. The molecule has 0 aliphatic heterocycles. The topological polar surface area (TPSA) is 92.4 Å². The molecule has 5 nitrogen and oxygen atoms in total. The minimum Gasteiger partial charge on any atom is -0.481 e. The van der Waals surface area contributed by atoms with E-state index < -0.39 is 11.9 Å². The molecule has 0 unspecified atom stereocenters. The van der Waals surface area contributed by atoms with Gasteiger partial charge in [-0.25, -0.2) is 0 Å². The van der Waals surface area contributed by atoms with E-state index >= 15 is 0 Å². The average molecular weight is 447 g/mol. The van der Waals surface area contributed by atoms with Gasteiger partial charge in [-0.3, -0.25) is 9.59 Å². The average Bonchev–Trinajstić information content (AvgIpc) is 2.76. The van der Waals surface area contributed by atoms with Crippen molar-refractivity contribution in [2.24, 2.45) is 11.7 Å². The number of hydrogen-bond acceptors (Lipinski definition) is 6. The zero-order valence-corrected chi connectivity index (χ0v) is 18.9. The molecule has 0 aliphatic carbocycles. The number of thiol groups is 1. The third-order valence-corrected chi connectivity index (χ3v) is 6.00.